The van der Waals surface area contributed by atoms with Gasteiger partial charge in [0.2, 0.25) is 0 Å². The minimum absolute atomic E-state index is 0.363. The van der Waals surface area contributed by atoms with Crippen molar-refractivity contribution in [1.29, 1.82) is 0 Å². The van der Waals surface area contributed by atoms with Crippen molar-refractivity contribution in [1.82, 2.24) is 0 Å². The van der Waals surface area contributed by atoms with E-state index in [1.807, 2.05) is 0 Å². The summed E-state index contributed by atoms with van der Waals surface area (Å²) in [6.07, 6.45) is 1.09. The molecular weight excluding hydrogens is 220 g/mol. The first-order valence-electron chi connectivity index (χ1n) is 6.73. The Bertz CT molecular complexity index is 550. The van der Waals surface area contributed by atoms with Crippen molar-refractivity contribution in [2.24, 2.45) is 11.7 Å². The molecule has 1 heterocycles. The van der Waals surface area contributed by atoms with Crippen molar-refractivity contribution in [3.8, 4) is 0 Å². The Morgan fingerprint density at radius 3 is 2.67 bits per heavy atom. The summed E-state index contributed by atoms with van der Waals surface area (Å²) in [5.74, 6) is 0.574. The molecule has 1 saturated heterocycles. The molecule has 0 aromatic heterocycles. The second kappa shape index (κ2) is 4.62. The largest absolute Gasteiger partial charge is 0.371 e. The van der Waals surface area contributed by atoms with Gasteiger partial charge in [0.05, 0.1) is 0 Å². The molecule has 18 heavy (non-hydrogen) atoms. The van der Waals surface area contributed by atoms with Gasteiger partial charge in [-0.2, -0.15) is 0 Å². The van der Waals surface area contributed by atoms with Gasteiger partial charge in [-0.15, -0.1) is 0 Å². The molecule has 1 aliphatic rings. The zero-order chi connectivity index (χ0) is 12.5. The molecule has 1 fully saturated rings. The van der Waals surface area contributed by atoms with E-state index in [9.17, 15) is 0 Å². The van der Waals surface area contributed by atoms with Gasteiger partial charge >= 0.3 is 0 Å². The Balaban J connectivity index is 1.90. The molecule has 2 aromatic rings. The number of rotatable bonds is 1. The monoisotopic (exact) mass is 240 g/mol. The van der Waals surface area contributed by atoms with Crippen LogP contribution in [-0.4, -0.2) is 19.1 Å². The maximum absolute atomic E-state index is 6.08. The lowest BCUT2D eigenvalue weighted by atomic mass is 9.94. The summed E-state index contributed by atoms with van der Waals surface area (Å²) in [6.45, 7) is 4.39. The lowest BCUT2D eigenvalue weighted by Crippen LogP contribution is -2.45. The molecule has 0 spiro atoms. The van der Waals surface area contributed by atoms with Crippen LogP contribution in [0.5, 0.6) is 0 Å². The highest BCUT2D eigenvalue weighted by Crippen LogP contribution is 2.26. The number of fused-ring (bicyclic) bond motifs is 1. The van der Waals surface area contributed by atoms with Gasteiger partial charge in [0.1, 0.15) is 0 Å². The van der Waals surface area contributed by atoms with Crippen molar-refractivity contribution in [2.75, 3.05) is 18.0 Å². The molecule has 2 N–H and O–H groups in total. The van der Waals surface area contributed by atoms with E-state index in [1.54, 1.807) is 0 Å². The van der Waals surface area contributed by atoms with Gasteiger partial charge in [-0.25, -0.2) is 0 Å². The number of benzene rings is 2. The van der Waals surface area contributed by atoms with Crippen LogP contribution in [0.2, 0.25) is 0 Å². The van der Waals surface area contributed by atoms with Crippen molar-refractivity contribution in [3.05, 3.63) is 42.5 Å². The van der Waals surface area contributed by atoms with E-state index in [0.29, 0.717) is 12.0 Å². The van der Waals surface area contributed by atoms with Gasteiger partial charge in [-0.3, -0.25) is 0 Å². The second-order valence-electron chi connectivity index (χ2n) is 5.41. The minimum Gasteiger partial charge on any atom is -0.371 e. The third-order valence-electron chi connectivity index (χ3n) is 4.07. The molecule has 2 aromatic carbocycles. The fourth-order valence-electron chi connectivity index (χ4n) is 2.77. The van der Waals surface area contributed by atoms with Gasteiger partial charge in [0.25, 0.3) is 0 Å². The van der Waals surface area contributed by atoms with Gasteiger partial charge < -0.3 is 10.6 Å². The molecule has 0 bridgehead atoms. The van der Waals surface area contributed by atoms with E-state index in [1.165, 1.54) is 16.5 Å². The third kappa shape index (κ3) is 2.08. The number of piperidine rings is 1. The highest BCUT2D eigenvalue weighted by molar-refractivity contribution is 5.85. The summed E-state index contributed by atoms with van der Waals surface area (Å²) in [4.78, 5) is 2.46. The summed E-state index contributed by atoms with van der Waals surface area (Å²) in [5.41, 5.74) is 7.41. The molecule has 2 unspecified atom stereocenters. The van der Waals surface area contributed by atoms with Crippen LogP contribution in [0.3, 0.4) is 0 Å². The van der Waals surface area contributed by atoms with Crippen molar-refractivity contribution >= 4 is 16.5 Å². The molecule has 0 amide bonds. The first kappa shape index (κ1) is 11.5. The molecule has 0 aliphatic carbocycles. The first-order chi connectivity index (χ1) is 8.74. The van der Waals surface area contributed by atoms with Crippen LogP contribution in [-0.2, 0) is 0 Å². The fourth-order valence-corrected chi connectivity index (χ4v) is 2.77. The topological polar surface area (TPSA) is 29.3 Å². The molecule has 0 radical (unpaired) electrons. The number of hydrogen-bond donors (Lipinski definition) is 1. The molecule has 2 heteroatoms. The Morgan fingerprint density at radius 2 is 1.89 bits per heavy atom. The lowest BCUT2D eigenvalue weighted by molar-refractivity contribution is 0.383. The van der Waals surface area contributed by atoms with Gasteiger partial charge in [-0.1, -0.05) is 37.3 Å². The molecule has 94 valence electrons. The van der Waals surface area contributed by atoms with Crippen LogP contribution in [0.25, 0.3) is 10.8 Å². The van der Waals surface area contributed by atoms with E-state index in [-0.39, 0.29) is 0 Å². The van der Waals surface area contributed by atoms with Gasteiger partial charge in [0.15, 0.2) is 0 Å². The maximum Gasteiger partial charge on any atom is 0.0372 e. The maximum atomic E-state index is 6.08. The molecule has 2 nitrogen and oxygen atoms in total. The predicted molar refractivity (Wildman–Crippen MR) is 77.9 cm³/mol. The average molecular weight is 240 g/mol. The minimum atomic E-state index is 0.363. The van der Waals surface area contributed by atoms with Crippen LogP contribution in [0.4, 0.5) is 5.69 Å². The van der Waals surface area contributed by atoms with E-state index in [4.69, 9.17) is 5.73 Å². The summed E-state index contributed by atoms with van der Waals surface area (Å²) in [7, 11) is 0. The molecule has 2 atom stereocenters. The normalized spacial score (nSPS) is 24.4. The summed E-state index contributed by atoms with van der Waals surface area (Å²) in [5, 5.41) is 2.63. The molecule has 0 saturated carbocycles. The Hall–Kier alpha value is -1.54. The predicted octanol–water partition coefficient (Wildman–Crippen LogP) is 3.01. The van der Waals surface area contributed by atoms with Crippen molar-refractivity contribution < 1.29 is 0 Å². The third-order valence-corrected chi connectivity index (χ3v) is 4.07. The summed E-state index contributed by atoms with van der Waals surface area (Å²) >= 11 is 0. The quantitative estimate of drug-likeness (QED) is 0.830. The number of nitrogens with two attached hydrogens (primary N) is 1. The van der Waals surface area contributed by atoms with E-state index < -0.39 is 0 Å². The first-order valence-corrected chi connectivity index (χ1v) is 6.73. The van der Waals surface area contributed by atoms with Gasteiger partial charge in [0, 0.05) is 24.8 Å². The van der Waals surface area contributed by atoms with Crippen molar-refractivity contribution in [2.45, 2.75) is 19.4 Å². The zero-order valence-corrected chi connectivity index (χ0v) is 10.8. The van der Waals surface area contributed by atoms with Crippen LogP contribution < -0.4 is 10.6 Å². The summed E-state index contributed by atoms with van der Waals surface area (Å²) in [6, 6.07) is 15.6. The Kier molecular flexibility index (Phi) is 2.96. The zero-order valence-electron chi connectivity index (χ0n) is 10.8. The van der Waals surface area contributed by atoms with E-state index in [0.717, 1.165) is 19.5 Å². The summed E-state index contributed by atoms with van der Waals surface area (Å²) < 4.78 is 0. The Labute approximate surface area is 108 Å². The van der Waals surface area contributed by atoms with Crippen molar-refractivity contribution in [3.63, 3.8) is 0 Å². The van der Waals surface area contributed by atoms with E-state index in [2.05, 4.69) is 54.3 Å². The van der Waals surface area contributed by atoms with Crippen LogP contribution in [0.15, 0.2) is 42.5 Å². The number of anilines is 1. The lowest BCUT2D eigenvalue weighted by Gasteiger charge is -2.36. The number of hydrogen-bond acceptors (Lipinski definition) is 2. The van der Waals surface area contributed by atoms with Crippen LogP contribution in [0.1, 0.15) is 13.3 Å². The Morgan fingerprint density at radius 1 is 1.11 bits per heavy atom. The standard InChI is InChI=1S/C16H20N2/c1-12-11-18(9-8-16(12)17)15-7-6-13-4-2-3-5-14(13)10-15/h2-7,10,12,16H,8-9,11,17H2,1H3. The SMILES string of the molecule is CC1CN(c2ccc3ccccc3c2)CCC1N. The molecular formula is C16H20N2. The fraction of sp³-hybridized carbons (Fsp3) is 0.375. The van der Waals surface area contributed by atoms with Gasteiger partial charge in [-0.05, 0) is 35.2 Å². The highest BCUT2D eigenvalue weighted by Gasteiger charge is 2.23. The smallest absolute Gasteiger partial charge is 0.0372 e. The van der Waals surface area contributed by atoms with Crippen LogP contribution >= 0.6 is 0 Å². The second-order valence-corrected chi connectivity index (χ2v) is 5.41. The van der Waals surface area contributed by atoms with Crippen LogP contribution in [0, 0.1) is 5.92 Å². The highest BCUT2D eigenvalue weighted by atomic mass is 15.1. The van der Waals surface area contributed by atoms with E-state index >= 15 is 0 Å². The molecule has 1 aliphatic heterocycles. The number of nitrogens with zero attached hydrogens (tertiary/aromatic N) is 1. The molecule has 3 rings (SSSR count). The average Bonchev–Trinajstić information content (AvgIpc) is 2.41.